The van der Waals surface area contributed by atoms with Gasteiger partial charge in [0.2, 0.25) is 0 Å². The van der Waals surface area contributed by atoms with Gasteiger partial charge in [0.05, 0.1) is 6.61 Å². The SMILES string of the molecule is CC/C=C\C/C=C\C/C=C\C/C=C\C/C=C\CCCC(=O)OC(COC(=O)CCCCCCCCC/C=C\CCCCCCCCC)COP(=O)(O)OC1C(O)C(O)C(O)C(O)C1O. The van der Waals surface area contributed by atoms with Gasteiger partial charge in [-0.05, 0) is 77.0 Å². The highest BCUT2D eigenvalue weighted by Gasteiger charge is 2.51. The van der Waals surface area contributed by atoms with E-state index in [0.29, 0.717) is 19.3 Å². The summed E-state index contributed by atoms with van der Waals surface area (Å²) in [6, 6.07) is 0. The van der Waals surface area contributed by atoms with E-state index in [2.05, 4.69) is 74.6 Å². The molecule has 1 fully saturated rings. The van der Waals surface area contributed by atoms with Gasteiger partial charge < -0.3 is 39.9 Å². The molecule has 13 nitrogen and oxygen atoms in total. The number of phosphoric ester groups is 1. The van der Waals surface area contributed by atoms with Crippen LogP contribution in [0, 0.1) is 0 Å². The van der Waals surface area contributed by atoms with Crippen LogP contribution in [0.1, 0.15) is 174 Å². The largest absolute Gasteiger partial charge is 0.472 e. The lowest BCUT2D eigenvalue weighted by Gasteiger charge is -2.41. The van der Waals surface area contributed by atoms with Crippen LogP contribution in [0.15, 0.2) is 72.9 Å². The maximum atomic E-state index is 12.8. The van der Waals surface area contributed by atoms with Gasteiger partial charge in [-0.1, -0.05) is 157 Å². The van der Waals surface area contributed by atoms with Gasteiger partial charge in [-0.3, -0.25) is 18.6 Å². The molecule has 0 amide bonds. The molecule has 1 rings (SSSR count). The molecule has 14 heteroatoms. The van der Waals surface area contributed by atoms with Crippen LogP contribution in [0.3, 0.4) is 0 Å². The monoisotopic (exact) mass is 925 g/mol. The van der Waals surface area contributed by atoms with Crippen molar-refractivity contribution < 1.29 is 63.1 Å². The number of rotatable bonds is 39. The molecular weight excluding hydrogens is 840 g/mol. The highest BCUT2D eigenvalue weighted by atomic mass is 31.2. The van der Waals surface area contributed by atoms with Gasteiger partial charge in [-0.15, -0.1) is 0 Å². The van der Waals surface area contributed by atoms with Crippen molar-refractivity contribution in [2.45, 2.75) is 217 Å². The smallest absolute Gasteiger partial charge is 0.462 e. The molecule has 1 aliphatic rings. The molecule has 0 aliphatic heterocycles. The van der Waals surface area contributed by atoms with Crippen molar-refractivity contribution in [1.29, 1.82) is 0 Å². The molecule has 0 spiro atoms. The van der Waals surface area contributed by atoms with Crippen molar-refractivity contribution in [3.63, 3.8) is 0 Å². The number of hydrogen-bond acceptors (Lipinski definition) is 12. The van der Waals surface area contributed by atoms with Crippen LogP contribution in [0.25, 0.3) is 0 Å². The maximum Gasteiger partial charge on any atom is 0.472 e. The second-order valence-corrected chi connectivity index (χ2v) is 18.0. The van der Waals surface area contributed by atoms with Crippen LogP contribution >= 0.6 is 7.82 Å². The van der Waals surface area contributed by atoms with Crippen LogP contribution in [-0.2, 0) is 32.7 Å². The molecular formula is C50H85O13P. The van der Waals surface area contributed by atoms with E-state index >= 15 is 0 Å². The van der Waals surface area contributed by atoms with E-state index < -0.39 is 75.7 Å². The Morgan fingerprint density at radius 3 is 1.42 bits per heavy atom. The van der Waals surface area contributed by atoms with Crippen molar-refractivity contribution in [3.8, 4) is 0 Å². The standard InChI is InChI=1S/C50H85O13P/c1-3-5-7-9-11-13-15-17-19-21-23-24-26-28-30-32-34-36-38-43(51)60-40-42(41-61-64(58,59)63-50-48(56)46(54)45(53)47(55)49(50)57)62-44(52)39-37-35-33-31-29-27-25-22-20-18-16-14-12-10-8-6-4-2/h6,8,12,14,18-21,25,27,31,33,42,45-50,53-57H,3-5,7,9-11,13,15-17,22-24,26,28-30,32,34-41H2,1-2H3,(H,58,59)/b8-6-,14-12-,20-18-,21-19-,27-25-,33-31-. The zero-order valence-electron chi connectivity index (χ0n) is 39.0. The van der Waals surface area contributed by atoms with Gasteiger partial charge in [0.15, 0.2) is 6.10 Å². The molecule has 6 unspecified atom stereocenters. The number of hydrogen-bond donors (Lipinski definition) is 6. The summed E-state index contributed by atoms with van der Waals surface area (Å²) in [5.74, 6) is -1.18. The summed E-state index contributed by atoms with van der Waals surface area (Å²) in [5.41, 5.74) is 0. The predicted octanol–water partition coefficient (Wildman–Crippen LogP) is 9.89. The lowest BCUT2D eigenvalue weighted by Crippen LogP contribution is -2.64. The molecule has 0 bridgehead atoms. The van der Waals surface area contributed by atoms with E-state index in [1.54, 1.807) is 0 Å². The minimum absolute atomic E-state index is 0.0145. The van der Waals surface area contributed by atoms with E-state index in [0.717, 1.165) is 64.2 Å². The summed E-state index contributed by atoms with van der Waals surface area (Å²) in [6.45, 7) is 3.13. The number of carbonyl (C=O) groups excluding carboxylic acids is 2. The van der Waals surface area contributed by atoms with Gasteiger partial charge in [0.1, 0.15) is 43.2 Å². The predicted molar refractivity (Wildman–Crippen MR) is 253 cm³/mol. The number of unbranched alkanes of at least 4 members (excludes halogenated alkanes) is 15. The first-order valence-electron chi connectivity index (χ1n) is 24.2. The Morgan fingerprint density at radius 1 is 0.500 bits per heavy atom. The Morgan fingerprint density at radius 2 is 0.906 bits per heavy atom. The van der Waals surface area contributed by atoms with Gasteiger partial charge >= 0.3 is 19.8 Å². The van der Waals surface area contributed by atoms with Crippen LogP contribution < -0.4 is 0 Å². The number of allylic oxidation sites excluding steroid dienone is 12. The zero-order valence-corrected chi connectivity index (χ0v) is 39.9. The number of phosphoric acid groups is 1. The summed E-state index contributed by atoms with van der Waals surface area (Å²) in [6.07, 6.45) is 36.7. The highest BCUT2D eigenvalue weighted by Crippen LogP contribution is 2.47. The Bertz CT molecular complexity index is 1390. The molecule has 1 saturated carbocycles. The fraction of sp³-hybridized carbons (Fsp3) is 0.720. The number of ether oxygens (including phenoxy) is 2. The summed E-state index contributed by atoms with van der Waals surface area (Å²) in [5, 5.41) is 50.2. The first kappa shape index (κ1) is 59.3. The summed E-state index contributed by atoms with van der Waals surface area (Å²) >= 11 is 0. The second-order valence-electron chi connectivity index (χ2n) is 16.6. The molecule has 0 heterocycles. The van der Waals surface area contributed by atoms with E-state index in [-0.39, 0.29) is 12.8 Å². The van der Waals surface area contributed by atoms with E-state index in [9.17, 15) is 44.6 Å². The molecule has 64 heavy (non-hydrogen) atoms. The lowest BCUT2D eigenvalue weighted by molar-refractivity contribution is -0.220. The first-order chi connectivity index (χ1) is 30.9. The van der Waals surface area contributed by atoms with Crippen molar-refractivity contribution in [1.82, 2.24) is 0 Å². The Balaban J connectivity index is 2.48. The molecule has 368 valence electrons. The third-order valence-electron chi connectivity index (χ3n) is 10.8. The normalized spacial score (nSPS) is 22.2. The van der Waals surface area contributed by atoms with E-state index in [4.69, 9.17) is 18.5 Å². The minimum atomic E-state index is -5.14. The molecule has 0 aromatic rings. The van der Waals surface area contributed by atoms with Gasteiger partial charge in [-0.2, -0.15) is 0 Å². The van der Waals surface area contributed by atoms with Gasteiger partial charge in [-0.25, -0.2) is 4.57 Å². The van der Waals surface area contributed by atoms with Crippen molar-refractivity contribution in [3.05, 3.63) is 72.9 Å². The number of carbonyl (C=O) groups is 2. The molecule has 0 aromatic carbocycles. The summed E-state index contributed by atoms with van der Waals surface area (Å²) < 4.78 is 33.5. The van der Waals surface area contributed by atoms with Crippen LogP contribution in [0.5, 0.6) is 0 Å². The summed E-state index contributed by atoms with van der Waals surface area (Å²) in [7, 11) is -5.14. The molecule has 0 saturated heterocycles. The van der Waals surface area contributed by atoms with Crippen molar-refractivity contribution in [2.75, 3.05) is 13.2 Å². The molecule has 6 atom stereocenters. The fourth-order valence-electron chi connectivity index (χ4n) is 6.91. The lowest BCUT2D eigenvalue weighted by atomic mass is 9.85. The minimum Gasteiger partial charge on any atom is -0.462 e. The number of aliphatic hydroxyl groups excluding tert-OH is 5. The molecule has 0 aromatic heterocycles. The summed E-state index contributed by atoms with van der Waals surface area (Å²) in [4.78, 5) is 35.7. The third-order valence-corrected chi connectivity index (χ3v) is 11.8. The van der Waals surface area contributed by atoms with Crippen LogP contribution in [0.2, 0.25) is 0 Å². The van der Waals surface area contributed by atoms with Crippen LogP contribution in [0.4, 0.5) is 0 Å². The molecule has 6 N–H and O–H groups in total. The van der Waals surface area contributed by atoms with E-state index in [1.807, 2.05) is 12.2 Å². The maximum absolute atomic E-state index is 12.8. The van der Waals surface area contributed by atoms with Gasteiger partial charge in [0, 0.05) is 12.8 Å². The van der Waals surface area contributed by atoms with Crippen molar-refractivity contribution >= 4 is 19.8 Å². The zero-order chi connectivity index (χ0) is 47.1. The third kappa shape index (κ3) is 31.2. The quantitative estimate of drug-likeness (QED) is 0.0147. The molecule has 0 radical (unpaired) electrons. The highest BCUT2D eigenvalue weighted by molar-refractivity contribution is 7.47. The average Bonchev–Trinajstić information content (AvgIpc) is 3.28. The topological polar surface area (TPSA) is 210 Å². The second kappa shape index (κ2) is 39.5. The van der Waals surface area contributed by atoms with E-state index in [1.165, 1.54) is 64.2 Å². The molecule has 1 aliphatic carbocycles. The number of aliphatic hydroxyl groups is 5. The fourth-order valence-corrected chi connectivity index (χ4v) is 7.88. The number of esters is 2. The average molecular weight is 925 g/mol. The Kier molecular flexibility index (Phi) is 36.6. The Labute approximate surface area is 385 Å². The van der Waals surface area contributed by atoms with Crippen molar-refractivity contribution in [2.24, 2.45) is 0 Å². The Hall–Kier alpha value is -2.71. The van der Waals surface area contributed by atoms with Crippen LogP contribution in [-0.4, -0.2) is 98.3 Å². The van der Waals surface area contributed by atoms with Gasteiger partial charge in [0.25, 0.3) is 0 Å². The first-order valence-corrected chi connectivity index (χ1v) is 25.7.